The number of aliphatic imine (C=N–C) groups is 1. The normalized spacial score (nSPS) is 24.6. The third-order valence-corrected chi connectivity index (χ3v) is 5.48. The summed E-state index contributed by atoms with van der Waals surface area (Å²) in [7, 11) is 0. The van der Waals surface area contributed by atoms with Crippen molar-refractivity contribution in [1.29, 1.82) is 0 Å². The van der Waals surface area contributed by atoms with Crippen LogP contribution in [0.3, 0.4) is 0 Å². The molecule has 1 aromatic rings. The van der Waals surface area contributed by atoms with E-state index in [-0.39, 0.29) is 23.4 Å². The molecule has 27 heavy (non-hydrogen) atoms. The quantitative estimate of drug-likeness (QED) is 0.583. The predicted octanol–water partition coefficient (Wildman–Crippen LogP) is 1.55. The van der Waals surface area contributed by atoms with E-state index in [1.165, 1.54) is 0 Å². The van der Waals surface area contributed by atoms with Gasteiger partial charge in [-0.25, -0.2) is 0 Å². The van der Waals surface area contributed by atoms with Crippen molar-refractivity contribution in [1.82, 2.24) is 9.80 Å². The number of carbonyl (C=O) groups is 3. The van der Waals surface area contributed by atoms with Crippen LogP contribution in [0.25, 0.3) is 0 Å². The highest BCUT2D eigenvalue weighted by Gasteiger charge is 2.34. The number of amides is 1. The lowest BCUT2D eigenvalue weighted by Crippen LogP contribution is -2.48. The molecule has 6 heteroatoms. The molecular formula is C21H27N3O3. The Labute approximate surface area is 160 Å². The zero-order valence-electron chi connectivity index (χ0n) is 15.8. The van der Waals surface area contributed by atoms with Crippen LogP contribution in [0, 0.1) is 5.92 Å². The summed E-state index contributed by atoms with van der Waals surface area (Å²) in [6.07, 6.45) is 2.36. The Hall–Kier alpha value is -2.34. The molecule has 1 heterocycles. The Balaban J connectivity index is 1.45. The smallest absolute Gasteiger partial charge is 0.219 e. The Morgan fingerprint density at radius 2 is 1.70 bits per heavy atom. The van der Waals surface area contributed by atoms with E-state index in [1.807, 2.05) is 35.2 Å². The van der Waals surface area contributed by atoms with E-state index >= 15 is 0 Å². The number of piperazine rings is 1. The van der Waals surface area contributed by atoms with Crippen molar-refractivity contribution in [2.24, 2.45) is 10.9 Å². The standard InChI is InChI=1S/C21H27N3O3/c1-16(25)24-11-9-23(10-12-24)8-7-22-15-19-20(26)13-18(14-21(19)27)17-5-3-2-4-6-17/h2-6,15,18-19H,7-14H2,1H3. The van der Waals surface area contributed by atoms with Gasteiger partial charge in [0, 0.05) is 58.7 Å². The van der Waals surface area contributed by atoms with Crippen LogP contribution in [-0.2, 0) is 14.4 Å². The van der Waals surface area contributed by atoms with Crippen LogP contribution >= 0.6 is 0 Å². The molecule has 1 saturated heterocycles. The second-order valence-electron chi connectivity index (χ2n) is 7.33. The van der Waals surface area contributed by atoms with Crippen LogP contribution in [0.2, 0.25) is 0 Å². The fraction of sp³-hybridized carbons (Fsp3) is 0.524. The molecule has 0 radical (unpaired) electrons. The zero-order chi connectivity index (χ0) is 19.2. The molecule has 3 rings (SSSR count). The first-order valence-corrected chi connectivity index (χ1v) is 9.63. The van der Waals surface area contributed by atoms with E-state index in [9.17, 15) is 14.4 Å². The number of Topliss-reactive ketones (excluding diaryl/α,β-unsaturated/α-hetero) is 2. The van der Waals surface area contributed by atoms with Gasteiger partial charge in [0.1, 0.15) is 17.5 Å². The summed E-state index contributed by atoms with van der Waals surface area (Å²) in [5.41, 5.74) is 1.05. The van der Waals surface area contributed by atoms with Crippen molar-refractivity contribution in [2.45, 2.75) is 25.7 Å². The first kappa shape index (κ1) is 19.4. The minimum Gasteiger partial charge on any atom is -0.340 e. The summed E-state index contributed by atoms with van der Waals surface area (Å²) in [6.45, 7) is 6.13. The summed E-state index contributed by atoms with van der Waals surface area (Å²) >= 11 is 0. The summed E-state index contributed by atoms with van der Waals surface area (Å²) in [6, 6.07) is 9.77. The van der Waals surface area contributed by atoms with E-state index in [0.717, 1.165) is 38.3 Å². The largest absolute Gasteiger partial charge is 0.340 e. The van der Waals surface area contributed by atoms with Gasteiger partial charge < -0.3 is 4.90 Å². The van der Waals surface area contributed by atoms with Crippen LogP contribution < -0.4 is 0 Å². The third kappa shape index (κ3) is 5.10. The van der Waals surface area contributed by atoms with Crippen LogP contribution in [0.4, 0.5) is 0 Å². The molecule has 1 saturated carbocycles. The Kier molecular flexibility index (Phi) is 6.50. The molecular weight excluding hydrogens is 342 g/mol. The average molecular weight is 369 g/mol. The van der Waals surface area contributed by atoms with Crippen LogP contribution in [-0.4, -0.2) is 72.8 Å². The molecule has 0 N–H and O–H groups in total. The molecule has 144 valence electrons. The number of hydrogen-bond donors (Lipinski definition) is 0. The van der Waals surface area contributed by atoms with Gasteiger partial charge in [-0.1, -0.05) is 30.3 Å². The maximum atomic E-state index is 12.4. The zero-order valence-corrected chi connectivity index (χ0v) is 15.8. The molecule has 2 fully saturated rings. The fourth-order valence-electron chi connectivity index (χ4n) is 3.78. The first-order valence-electron chi connectivity index (χ1n) is 9.63. The van der Waals surface area contributed by atoms with E-state index in [4.69, 9.17) is 0 Å². The van der Waals surface area contributed by atoms with Gasteiger partial charge in [0.2, 0.25) is 5.91 Å². The van der Waals surface area contributed by atoms with Crippen molar-refractivity contribution in [3.8, 4) is 0 Å². The molecule has 0 unspecified atom stereocenters. The Morgan fingerprint density at radius 3 is 2.30 bits per heavy atom. The first-order chi connectivity index (χ1) is 13.0. The SMILES string of the molecule is CC(=O)N1CCN(CCN=CC2C(=O)CC(c3ccccc3)CC2=O)CC1. The van der Waals surface area contributed by atoms with Crippen molar-refractivity contribution in [3.05, 3.63) is 35.9 Å². The maximum absolute atomic E-state index is 12.4. The van der Waals surface area contributed by atoms with Gasteiger partial charge in [0.25, 0.3) is 0 Å². The predicted molar refractivity (Wildman–Crippen MR) is 104 cm³/mol. The fourth-order valence-corrected chi connectivity index (χ4v) is 3.78. The highest BCUT2D eigenvalue weighted by atomic mass is 16.2. The summed E-state index contributed by atoms with van der Waals surface area (Å²) < 4.78 is 0. The molecule has 2 aliphatic rings. The number of rotatable bonds is 5. The topological polar surface area (TPSA) is 70.1 Å². The lowest BCUT2D eigenvalue weighted by atomic mass is 9.77. The molecule has 0 aromatic heterocycles. The van der Waals surface area contributed by atoms with Crippen molar-refractivity contribution in [3.63, 3.8) is 0 Å². The van der Waals surface area contributed by atoms with E-state index in [1.54, 1.807) is 13.1 Å². The lowest BCUT2D eigenvalue weighted by molar-refractivity contribution is -0.133. The van der Waals surface area contributed by atoms with Gasteiger partial charge in [-0.05, 0) is 11.5 Å². The average Bonchev–Trinajstić information content (AvgIpc) is 2.67. The van der Waals surface area contributed by atoms with Gasteiger partial charge in [-0.2, -0.15) is 0 Å². The van der Waals surface area contributed by atoms with E-state index < -0.39 is 5.92 Å². The molecule has 0 spiro atoms. The monoisotopic (exact) mass is 369 g/mol. The van der Waals surface area contributed by atoms with Gasteiger partial charge in [-0.15, -0.1) is 0 Å². The van der Waals surface area contributed by atoms with Crippen LogP contribution in [0.1, 0.15) is 31.2 Å². The van der Waals surface area contributed by atoms with Crippen LogP contribution in [0.15, 0.2) is 35.3 Å². The van der Waals surface area contributed by atoms with Gasteiger partial charge in [-0.3, -0.25) is 24.3 Å². The highest BCUT2D eigenvalue weighted by molar-refractivity contribution is 6.16. The molecule has 0 bridgehead atoms. The third-order valence-electron chi connectivity index (χ3n) is 5.48. The van der Waals surface area contributed by atoms with Gasteiger partial charge in [0.05, 0.1) is 6.54 Å². The van der Waals surface area contributed by atoms with Crippen molar-refractivity contribution in [2.75, 3.05) is 39.3 Å². The number of benzene rings is 1. The Morgan fingerprint density at radius 1 is 1.07 bits per heavy atom. The van der Waals surface area contributed by atoms with E-state index in [0.29, 0.717) is 19.4 Å². The van der Waals surface area contributed by atoms with Crippen molar-refractivity contribution >= 4 is 23.7 Å². The molecule has 1 aromatic carbocycles. The summed E-state index contributed by atoms with van der Waals surface area (Å²) in [5.74, 6) is -0.624. The Bertz CT molecular complexity index is 691. The second-order valence-corrected chi connectivity index (χ2v) is 7.33. The number of nitrogens with zero attached hydrogens (tertiary/aromatic N) is 3. The number of hydrogen-bond acceptors (Lipinski definition) is 5. The highest BCUT2D eigenvalue weighted by Crippen LogP contribution is 2.31. The second kappa shape index (κ2) is 9.04. The molecule has 6 nitrogen and oxygen atoms in total. The molecule has 1 aliphatic heterocycles. The molecule has 1 amide bonds. The maximum Gasteiger partial charge on any atom is 0.219 e. The number of ketones is 2. The minimum absolute atomic E-state index is 0.00609. The molecule has 1 aliphatic carbocycles. The molecule has 0 atom stereocenters. The van der Waals surface area contributed by atoms with Crippen LogP contribution in [0.5, 0.6) is 0 Å². The van der Waals surface area contributed by atoms with E-state index in [2.05, 4.69) is 9.89 Å². The summed E-state index contributed by atoms with van der Waals surface area (Å²) in [5, 5.41) is 0. The van der Waals surface area contributed by atoms with Crippen molar-refractivity contribution < 1.29 is 14.4 Å². The van der Waals surface area contributed by atoms with Gasteiger partial charge >= 0.3 is 0 Å². The number of carbonyl (C=O) groups excluding carboxylic acids is 3. The van der Waals surface area contributed by atoms with Gasteiger partial charge in [0.15, 0.2) is 0 Å². The lowest BCUT2D eigenvalue weighted by Gasteiger charge is -2.33. The summed E-state index contributed by atoms with van der Waals surface area (Å²) in [4.78, 5) is 44.6. The minimum atomic E-state index is -0.681.